The smallest absolute Gasteiger partial charge is 0.408 e. The van der Waals surface area contributed by atoms with Crippen LogP contribution in [0.25, 0.3) is 0 Å². The molecule has 0 radical (unpaired) electrons. The Labute approximate surface area is 183 Å². The summed E-state index contributed by atoms with van der Waals surface area (Å²) in [6.45, 7) is 5.82. The van der Waals surface area contributed by atoms with E-state index < -0.39 is 29.2 Å². The summed E-state index contributed by atoms with van der Waals surface area (Å²) < 4.78 is 7.10. The molecule has 0 aromatic carbocycles. The van der Waals surface area contributed by atoms with E-state index in [0.717, 1.165) is 19.3 Å². The lowest BCUT2D eigenvalue weighted by Gasteiger charge is -2.37. The van der Waals surface area contributed by atoms with Crippen LogP contribution in [0.5, 0.6) is 0 Å². The fraction of sp³-hybridized carbons (Fsp3) is 0.714. The molecule has 2 rings (SSSR count). The van der Waals surface area contributed by atoms with Crippen molar-refractivity contribution in [2.45, 2.75) is 89.4 Å². The minimum Gasteiger partial charge on any atom is -0.444 e. The van der Waals surface area contributed by atoms with Crippen molar-refractivity contribution in [3.63, 3.8) is 0 Å². The molecule has 0 bridgehead atoms. The molecule has 3 amide bonds. The SMILES string of the molecule is CNC(=O)C1(NC(=O)[C@H](CCCn2ccnc2N)NC(=O)OC(C)(C)C)CCCCC1. The molecule has 1 aliphatic rings. The van der Waals surface area contributed by atoms with Crippen molar-refractivity contribution < 1.29 is 19.1 Å². The summed E-state index contributed by atoms with van der Waals surface area (Å²) in [4.78, 5) is 42.1. The van der Waals surface area contributed by atoms with Crippen LogP contribution in [0.3, 0.4) is 0 Å². The van der Waals surface area contributed by atoms with E-state index in [2.05, 4.69) is 20.9 Å². The molecular weight excluding hydrogens is 400 g/mol. The lowest BCUT2D eigenvalue weighted by molar-refractivity contribution is -0.135. The number of nitrogens with zero attached hydrogens (tertiary/aromatic N) is 2. The first-order valence-electron chi connectivity index (χ1n) is 10.9. The van der Waals surface area contributed by atoms with Crippen LogP contribution in [0.4, 0.5) is 10.7 Å². The largest absolute Gasteiger partial charge is 0.444 e. The molecule has 5 N–H and O–H groups in total. The van der Waals surface area contributed by atoms with E-state index in [1.54, 1.807) is 44.8 Å². The lowest BCUT2D eigenvalue weighted by atomic mass is 9.80. The van der Waals surface area contributed by atoms with Gasteiger partial charge in [-0.3, -0.25) is 9.59 Å². The highest BCUT2D eigenvalue weighted by Crippen LogP contribution is 2.28. The standard InChI is InChI=1S/C21H36N6O4/c1-20(2,3)31-19(30)25-15(9-8-13-27-14-12-24-18(27)22)16(28)26-21(17(29)23-4)10-6-5-7-11-21/h12,14-15H,5-11,13H2,1-4H3,(H2,22,24)(H,23,29)(H,25,30)(H,26,28)/t15-/m0/s1. The van der Waals surface area contributed by atoms with Gasteiger partial charge in [0, 0.05) is 26.0 Å². The van der Waals surface area contributed by atoms with E-state index in [9.17, 15) is 14.4 Å². The molecule has 0 saturated heterocycles. The van der Waals surface area contributed by atoms with Crippen molar-refractivity contribution in [1.29, 1.82) is 0 Å². The number of aromatic nitrogens is 2. The maximum Gasteiger partial charge on any atom is 0.408 e. The number of nitrogen functional groups attached to an aromatic ring is 1. The summed E-state index contributed by atoms with van der Waals surface area (Å²) in [7, 11) is 1.57. The molecule has 31 heavy (non-hydrogen) atoms. The van der Waals surface area contributed by atoms with Gasteiger partial charge in [-0.15, -0.1) is 0 Å². The molecule has 1 fully saturated rings. The third-order valence-corrected chi connectivity index (χ3v) is 5.38. The van der Waals surface area contributed by atoms with Crippen molar-refractivity contribution in [1.82, 2.24) is 25.5 Å². The maximum absolute atomic E-state index is 13.2. The molecule has 1 heterocycles. The average molecular weight is 437 g/mol. The molecule has 0 aliphatic heterocycles. The number of anilines is 1. The zero-order valence-corrected chi connectivity index (χ0v) is 19.0. The number of hydrogen-bond acceptors (Lipinski definition) is 6. The Bertz CT molecular complexity index is 764. The van der Waals surface area contributed by atoms with Gasteiger partial charge >= 0.3 is 6.09 Å². The maximum atomic E-state index is 13.2. The second-order valence-electron chi connectivity index (χ2n) is 9.03. The van der Waals surface area contributed by atoms with Crippen molar-refractivity contribution in [2.24, 2.45) is 0 Å². The predicted molar refractivity (Wildman–Crippen MR) is 117 cm³/mol. The zero-order chi connectivity index (χ0) is 23.1. The number of carbonyl (C=O) groups is 3. The molecular formula is C21H36N6O4. The summed E-state index contributed by atoms with van der Waals surface area (Å²) in [6, 6.07) is -0.844. The number of ether oxygens (including phenoxy) is 1. The molecule has 10 heteroatoms. The predicted octanol–water partition coefficient (Wildman–Crippen LogP) is 1.70. The van der Waals surface area contributed by atoms with Crippen molar-refractivity contribution >= 4 is 23.9 Å². The van der Waals surface area contributed by atoms with Crippen LogP contribution in [0.15, 0.2) is 12.4 Å². The second kappa shape index (κ2) is 10.5. The number of nitrogens with two attached hydrogens (primary N) is 1. The number of aryl methyl sites for hydroxylation is 1. The highest BCUT2D eigenvalue weighted by molar-refractivity contribution is 5.94. The Balaban J connectivity index is 2.10. The van der Waals surface area contributed by atoms with Crippen LogP contribution in [-0.4, -0.2) is 51.7 Å². The van der Waals surface area contributed by atoms with Crippen LogP contribution in [0.1, 0.15) is 65.7 Å². The molecule has 1 atom stereocenters. The molecule has 1 aromatic rings. The molecule has 0 unspecified atom stereocenters. The highest BCUT2D eigenvalue weighted by atomic mass is 16.6. The average Bonchev–Trinajstić information content (AvgIpc) is 3.10. The second-order valence-corrected chi connectivity index (χ2v) is 9.03. The number of carbonyl (C=O) groups excluding carboxylic acids is 3. The number of hydrogen-bond donors (Lipinski definition) is 4. The topological polar surface area (TPSA) is 140 Å². The molecule has 1 saturated carbocycles. The van der Waals surface area contributed by atoms with Gasteiger partial charge in [-0.25, -0.2) is 9.78 Å². The van der Waals surface area contributed by atoms with Crippen molar-refractivity contribution in [2.75, 3.05) is 12.8 Å². The first kappa shape index (κ1) is 24.5. The molecule has 1 aliphatic carbocycles. The van der Waals surface area contributed by atoms with Gasteiger partial charge in [-0.2, -0.15) is 0 Å². The Morgan fingerprint density at radius 2 is 1.94 bits per heavy atom. The monoisotopic (exact) mass is 436 g/mol. The van der Waals surface area contributed by atoms with Crippen molar-refractivity contribution in [3.05, 3.63) is 12.4 Å². The number of imidazole rings is 1. The number of rotatable bonds is 8. The third-order valence-electron chi connectivity index (χ3n) is 5.38. The normalized spacial score (nSPS) is 16.8. The van der Waals surface area contributed by atoms with Crippen molar-refractivity contribution in [3.8, 4) is 0 Å². The van der Waals surface area contributed by atoms with E-state index in [4.69, 9.17) is 10.5 Å². The minimum absolute atomic E-state index is 0.206. The van der Waals surface area contributed by atoms with Gasteiger partial charge in [0.15, 0.2) is 5.95 Å². The summed E-state index contributed by atoms with van der Waals surface area (Å²) in [5.74, 6) is -0.209. The summed E-state index contributed by atoms with van der Waals surface area (Å²) in [5.41, 5.74) is 4.15. The first-order chi connectivity index (χ1) is 14.6. The Kier molecular flexibility index (Phi) is 8.29. The van der Waals surface area contributed by atoms with Crippen LogP contribution in [-0.2, 0) is 20.9 Å². The summed E-state index contributed by atoms with van der Waals surface area (Å²) >= 11 is 0. The van der Waals surface area contributed by atoms with E-state index >= 15 is 0 Å². The number of nitrogens with one attached hydrogen (secondary N) is 3. The number of alkyl carbamates (subject to hydrolysis) is 1. The molecule has 0 spiro atoms. The quantitative estimate of drug-likeness (QED) is 0.489. The van der Waals surface area contributed by atoms with Gasteiger partial charge in [0.1, 0.15) is 17.2 Å². The fourth-order valence-corrected chi connectivity index (χ4v) is 3.84. The fourth-order valence-electron chi connectivity index (χ4n) is 3.84. The Morgan fingerprint density at radius 3 is 2.48 bits per heavy atom. The Morgan fingerprint density at radius 1 is 1.26 bits per heavy atom. The third kappa shape index (κ3) is 7.15. The van der Waals surface area contributed by atoms with E-state index in [-0.39, 0.29) is 5.91 Å². The van der Waals surface area contributed by atoms with Gasteiger partial charge < -0.3 is 31.0 Å². The van der Waals surface area contributed by atoms with Gasteiger partial charge in [0.05, 0.1) is 0 Å². The van der Waals surface area contributed by atoms with Gasteiger partial charge in [-0.05, 0) is 46.5 Å². The highest BCUT2D eigenvalue weighted by Gasteiger charge is 2.41. The summed E-state index contributed by atoms with van der Waals surface area (Å²) in [6.07, 6.45) is 7.51. The number of amides is 3. The lowest BCUT2D eigenvalue weighted by Crippen LogP contribution is -2.62. The van der Waals surface area contributed by atoms with Gasteiger partial charge in [-0.1, -0.05) is 19.3 Å². The minimum atomic E-state index is -0.952. The number of likely N-dealkylation sites (N-methyl/N-ethyl adjacent to an activating group) is 1. The van der Waals surface area contributed by atoms with E-state index in [1.165, 1.54) is 0 Å². The Hall–Kier alpha value is -2.78. The van der Waals surface area contributed by atoms with Gasteiger partial charge in [0.2, 0.25) is 11.8 Å². The van der Waals surface area contributed by atoms with Gasteiger partial charge in [0.25, 0.3) is 0 Å². The first-order valence-corrected chi connectivity index (χ1v) is 10.9. The van der Waals surface area contributed by atoms with Crippen LogP contribution < -0.4 is 21.7 Å². The van der Waals surface area contributed by atoms with E-state index in [1.807, 2.05) is 0 Å². The van der Waals surface area contributed by atoms with Crippen LogP contribution in [0.2, 0.25) is 0 Å². The van der Waals surface area contributed by atoms with E-state index in [0.29, 0.717) is 38.2 Å². The van der Waals surface area contributed by atoms with Crippen LogP contribution in [0, 0.1) is 0 Å². The van der Waals surface area contributed by atoms with Crippen LogP contribution >= 0.6 is 0 Å². The molecule has 174 valence electrons. The summed E-state index contributed by atoms with van der Waals surface area (Å²) in [5, 5.41) is 8.28. The zero-order valence-electron chi connectivity index (χ0n) is 19.0. The molecule has 1 aromatic heterocycles. The molecule has 10 nitrogen and oxygen atoms in total.